The second-order valence-electron chi connectivity index (χ2n) is 5.54. The molecule has 3 nitrogen and oxygen atoms in total. The Morgan fingerprint density at radius 2 is 1.86 bits per heavy atom. The van der Waals surface area contributed by atoms with Crippen LogP contribution in [-0.4, -0.2) is 12.0 Å². The van der Waals surface area contributed by atoms with Gasteiger partial charge in [0.25, 0.3) is 5.91 Å². The van der Waals surface area contributed by atoms with Crippen molar-refractivity contribution >= 4 is 23.2 Å². The molecule has 2 aromatic carbocycles. The standard InChI is InChI=1S/C18H18ClNO2/c1-12(18(21)20-16-8-6-15(19)7-9-16)22-17-10-5-13-3-2-4-14(13)11-17/h5-12H,2-4H2,1H3,(H,20,21)/t12-/m0/s1. The molecule has 0 unspecified atom stereocenters. The van der Waals surface area contributed by atoms with Gasteiger partial charge < -0.3 is 10.1 Å². The highest BCUT2D eigenvalue weighted by molar-refractivity contribution is 6.30. The minimum absolute atomic E-state index is 0.178. The topological polar surface area (TPSA) is 38.3 Å². The van der Waals surface area contributed by atoms with Crippen LogP contribution in [0.5, 0.6) is 5.75 Å². The Bertz CT molecular complexity index is 682. The first kappa shape index (κ1) is 14.9. The van der Waals surface area contributed by atoms with E-state index in [1.165, 1.54) is 17.5 Å². The summed E-state index contributed by atoms with van der Waals surface area (Å²) in [6.45, 7) is 1.75. The Balaban J connectivity index is 1.62. The fourth-order valence-electron chi connectivity index (χ4n) is 2.66. The number of nitrogens with one attached hydrogen (secondary N) is 1. The number of anilines is 1. The molecule has 0 radical (unpaired) electrons. The summed E-state index contributed by atoms with van der Waals surface area (Å²) >= 11 is 5.83. The van der Waals surface area contributed by atoms with E-state index in [0.717, 1.165) is 18.6 Å². The van der Waals surface area contributed by atoms with Gasteiger partial charge >= 0.3 is 0 Å². The summed E-state index contributed by atoms with van der Waals surface area (Å²) in [7, 11) is 0. The van der Waals surface area contributed by atoms with Crippen LogP contribution in [0.2, 0.25) is 5.02 Å². The van der Waals surface area contributed by atoms with Crippen molar-refractivity contribution < 1.29 is 9.53 Å². The van der Waals surface area contributed by atoms with Gasteiger partial charge in [-0.05, 0) is 73.7 Å². The van der Waals surface area contributed by atoms with Gasteiger partial charge in [0.1, 0.15) is 5.75 Å². The Hall–Kier alpha value is -2.00. The van der Waals surface area contributed by atoms with Crippen LogP contribution in [0, 0.1) is 0 Å². The van der Waals surface area contributed by atoms with Crippen LogP contribution >= 0.6 is 11.6 Å². The van der Waals surface area contributed by atoms with E-state index < -0.39 is 6.10 Å². The van der Waals surface area contributed by atoms with E-state index in [9.17, 15) is 4.79 Å². The highest BCUT2D eigenvalue weighted by Crippen LogP contribution is 2.26. The molecule has 3 rings (SSSR count). The molecule has 1 N–H and O–H groups in total. The van der Waals surface area contributed by atoms with Crippen LogP contribution in [-0.2, 0) is 17.6 Å². The molecule has 1 atom stereocenters. The number of aryl methyl sites for hydroxylation is 2. The van der Waals surface area contributed by atoms with Crippen molar-refractivity contribution in [1.29, 1.82) is 0 Å². The van der Waals surface area contributed by atoms with Crippen molar-refractivity contribution in [3.8, 4) is 5.75 Å². The molecule has 0 aliphatic heterocycles. The number of carbonyl (C=O) groups is 1. The first-order valence-corrected chi connectivity index (χ1v) is 7.84. The van der Waals surface area contributed by atoms with Gasteiger partial charge in [0.15, 0.2) is 6.10 Å². The van der Waals surface area contributed by atoms with Gasteiger partial charge in [0, 0.05) is 10.7 Å². The number of ether oxygens (including phenoxy) is 1. The summed E-state index contributed by atoms with van der Waals surface area (Å²) in [5, 5.41) is 3.46. The van der Waals surface area contributed by atoms with Crippen molar-refractivity contribution in [2.75, 3.05) is 5.32 Å². The zero-order chi connectivity index (χ0) is 15.5. The molecular weight excluding hydrogens is 298 g/mol. The fourth-order valence-corrected chi connectivity index (χ4v) is 2.78. The van der Waals surface area contributed by atoms with Crippen LogP contribution in [0.3, 0.4) is 0 Å². The molecule has 0 spiro atoms. The maximum atomic E-state index is 12.2. The van der Waals surface area contributed by atoms with Gasteiger partial charge in [0.05, 0.1) is 0 Å². The largest absolute Gasteiger partial charge is 0.481 e. The van der Waals surface area contributed by atoms with Gasteiger partial charge in [-0.3, -0.25) is 4.79 Å². The highest BCUT2D eigenvalue weighted by Gasteiger charge is 2.17. The van der Waals surface area contributed by atoms with Crippen molar-refractivity contribution in [1.82, 2.24) is 0 Å². The minimum Gasteiger partial charge on any atom is -0.481 e. The van der Waals surface area contributed by atoms with Crippen molar-refractivity contribution in [3.05, 3.63) is 58.6 Å². The third kappa shape index (κ3) is 3.42. The number of hydrogen-bond donors (Lipinski definition) is 1. The van der Waals surface area contributed by atoms with Crippen LogP contribution < -0.4 is 10.1 Å². The number of rotatable bonds is 4. The van der Waals surface area contributed by atoms with E-state index in [0.29, 0.717) is 10.7 Å². The summed E-state index contributed by atoms with van der Waals surface area (Å²) in [6, 6.07) is 13.1. The molecule has 1 aliphatic carbocycles. The Labute approximate surface area is 135 Å². The van der Waals surface area contributed by atoms with E-state index in [-0.39, 0.29) is 5.91 Å². The molecule has 0 aromatic heterocycles. The van der Waals surface area contributed by atoms with Crippen molar-refractivity contribution in [2.45, 2.75) is 32.3 Å². The third-order valence-electron chi connectivity index (χ3n) is 3.86. The predicted molar refractivity (Wildman–Crippen MR) is 88.6 cm³/mol. The molecule has 0 bridgehead atoms. The quantitative estimate of drug-likeness (QED) is 0.916. The molecule has 1 amide bonds. The molecular formula is C18H18ClNO2. The smallest absolute Gasteiger partial charge is 0.265 e. The Kier molecular flexibility index (Phi) is 4.34. The predicted octanol–water partition coefficient (Wildman–Crippen LogP) is 4.23. The van der Waals surface area contributed by atoms with E-state index in [2.05, 4.69) is 17.4 Å². The van der Waals surface area contributed by atoms with Crippen LogP contribution in [0.4, 0.5) is 5.69 Å². The molecule has 114 valence electrons. The molecule has 22 heavy (non-hydrogen) atoms. The third-order valence-corrected chi connectivity index (χ3v) is 4.12. The Morgan fingerprint density at radius 1 is 1.14 bits per heavy atom. The normalized spacial score (nSPS) is 14.3. The van der Waals surface area contributed by atoms with Crippen LogP contribution in [0.1, 0.15) is 24.5 Å². The zero-order valence-corrected chi connectivity index (χ0v) is 13.2. The number of fused-ring (bicyclic) bond motifs is 1. The molecule has 4 heteroatoms. The second kappa shape index (κ2) is 6.41. The maximum absolute atomic E-state index is 12.2. The zero-order valence-electron chi connectivity index (χ0n) is 12.4. The molecule has 0 fully saturated rings. The summed E-state index contributed by atoms with van der Waals surface area (Å²) in [4.78, 5) is 12.2. The molecule has 0 saturated carbocycles. The lowest BCUT2D eigenvalue weighted by Crippen LogP contribution is -2.30. The number of carbonyl (C=O) groups excluding carboxylic acids is 1. The van der Waals surface area contributed by atoms with Gasteiger partial charge in [-0.15, -0.1) is 0 Å². The maximum Gasteiger partial charge on any atom is 0.265 e. The van der Waals surface area contributed by atoms with E-state index in [4.69, 9.17) is 16.3 Å². The summed E-state index contributed by atoms with van der Waals surface area (Å²) in [6.07, 6.45) is 2.88. The molecule has 1 aliphatic rings. The lowest BCUT2D eigenvalue weighted by Gasteiger charge is -2.15. The SMILES string of the molecule is C[C@H](Oc1ccc2c(c1)CCC2)C(=O)Nc1ccc(Cl)cc1. The summed E-state index contributed by atoms with van der Waals surface area (Å²) in [5.74, 6) is 0.572. The van der Waals surface area contributed by atoms with Gasteiger partial charge in [-0.25, -0.2) is 0 Å². The highest BCUT2D eigenvalue weighted by atomic mass is 35.5. The first-order chi connectivity index (χ1) is 10.6. The van der Waals surface area contributed by atoms with Crippen molar-refractivity contribution in [2.24, 2.45) is 0 Å². The molecule has 0 heterocycles. The van der Waals surface area contributed by atoms with Gasteiger partial charge in [-0.1, -0.05) is 17.7 Å². The van der Waals surface area contributed by atoms with Gasteiger partial charge in [0.2, 0.25) is 0 Å². The summed E-state index contributed by atoms with van der Waals surface area (Å²) in [5.41, 5.74) is 3.44. The Morgan fingerprint density at radius 3 is 2.64 bits per heavy atom. The minimum atomic E-state index is -0.560. The van der Waals surface area contributed by atoms with Crippen LogP contribution in [0.15, 0.2) is 42.5 Å². The summed E-state index contributed by atoms with van der Waals surface area (Å²) < 4.78 is 5.76. The van der Waals surface area contributed by atoms with E-state index >= 15 is 0 Å². The number of amides is 1. The number of halogens is 1. The number of benzene rings is 2. The lowest BCUT2D eigenvalue weighted by molar-refractivity contribution is -0.122. The number of hydrogen-bond acceptors (Lipinski definition) is 2. The molecule has 2 aromatic rings. The average molecular weight is 316 g/mol. The lowest BCUT2D eigenvalue weighted by atomic mass is 10.1. The first-order valence-electron chi connectivity index (χ1n) is 7.47. The average Bonchev–Trinajstić information content (AvgIpc) is 2.97. The van der Waals surface area contributed by atoms with Crippen LogP contribution in [0.25, 0.3) is 0 Å². The van der Waals surface area contributed by atoms with E-state index in [1.807, 2.05) is 6.07 Å². The van der Waals surface area contributed by atoms with Gasteiger partial charge in [-0.2, -0.15) is 0 Å². The second-order valence-corrected chi connectivity index (χ2v) is 5.98. The van der Waals surface area contributed by atoms with E-state index in [1.54, 1.807) is 31.2 Å². The molecule has 0 saturated heterocycles. The fraction of sp³-hybridized carbons (Fsp3) is 0.278. The van der Waals surface area contributed by atoms with Crippen molar-refractivity contribution in [3.63, 3.8) is 0 Å². The monoisotopic (exact) mass is 315 g/mol.